The number of alkyl halides is 3. The molecule has 0 fully saturated rings. The van der Waals surface area contributed by atoms with E-state index < -0.39 is 24.2 Å². The highest BCUT2D eigenvalue weighted by atomic mass is 19.4. The normalized spacial score (nSPS) is 25.1. The van der Waals surface area contributed by atoms with Gasteiger partial charge in [-0.3, -0.25) is 4.79 Å². The summed E-state index contributed by atoms with van der Waals surface area (Å²) in [6, 6.07) is 0. The van der Waals surface area contributed by atoms with E-state index >= 15 is 0 Å². The van der Waals surface area contributed by atoms with Crippen molar-refractivity contribution in [3.8, 4) is 0 Å². The fourth-order valence-corrected chi connectivity index (χ4v) is 1.68. The number of carbonyl (C=O) groups is 1. The predicted molar refractivity (Wildman–Crippen MR) is 55.1 cm³/mol. The number of nitrogens with zero attached hydrogens (tertiary/aromatic N) is 2. The summed E-state index contributed by atoms with van der Waals surface area (Å²) < 4.78 is 38.4. The SMILES string of the molecule is CCCC1=NN(C(=O)CC)[C@](O)(C(F)(F)F)C1. The van der Waals surface area contributed by atoms with Crippen LogP contribution in [0.3, 0.4) is 0 Å². The van der Waals surface area contributed by atoms with Gasteiger partial charge in [-0.1, -0.05) is 20.3 Å². The smallest absolute Gasteiger partial charge is 0.362 e. The van der Waals surface area contributed by atoms with E-state index in [-0.39, 0.29) is 17.1 Å². The van der Waals surface area contributed by atoms with Crippen molar-refractivity contribution in [3.63, 3.8) is 0 Å². The van der Waals surface area contributed by atoms with Gasteiger partial charge in [-0.25, -0.2) is 0 Å². The summed E-state index contributed by atoms with van der Waals surface area (Å²) in [4.78, 5) is 11.4. The van der Waals surface area contributed by atoms with Crippen LogP contribution >= 0.6 is 0 Å². The molecule has 0 radical (unpaired) electrons. The zero-order valence-corrected chi connectivity index (χ0v) is 9.71. The number of halogens is 3. The molecule has 0 aromatic rings. The van der Waals surface area contributed by atoms with E-state index in [1.807, 2.05) is 0 Å². The number of carbonyl (C=O) groups excluding carboxylic acids is 1. The molecular weight excluding hydrogens is 237 g/mol. The number of hydrogen-bond donors (Lipinski definition) is 1. The van der Waals surface area contributed by atoms with Gasteiger partial charge >= 0.3 is 6.18 Å². The fourth-order valence-electron chi connectivity index (χ4n) is 1.68. The molecule has 1 aliphatic heterocycles. The number of amides is 1. The molecule has 0 aromatic carbocycles. The lowest BCUT2D eigenvalue weighted by Crippen LogP contribution is -2.56. The summed E-state index contributed by atoms with van der Waals surface area (Å²) in [6.07, 6.45) is -4.75. The molecule has 1 aliphatic rings. The second-order valence-corrected chi connectivity index (χ2v) is 3.97. The van der Waals surface area contributed by atoms with E-state index in [4.69, 9.17) is 0 Å². The minimum Gasteiger partial charge on any atom is -0.362 e. The molecule has 0 unspecified atom stereocenters. The van der Waals surface area contributed by atoms with Crippen LogP contribution in [0.25, 0.3) is 0 Å². The third-order valence-electron chi connectivity index (χ3n) is 2.57. The third kappa shape index (κ3) is 2.43. The first-order valence-corrected chi connectivity index (χ1v) is 5.44. The van der Waals surface area contributed by atoms with Gasteiger partial charge < -0.3 is 5.11 Å². The molecule has 1 atom stereocenters. The van der Waals surface area contributed by atoms with E-state index in [2.05, 4.69) is 5.10 Å². The van der Waals surface area contributed by atoms with Crippen LogP contribution in [0.15, 0.2) is 5.10 Å². The van der Waals surface area contributed by atoms with Crippen molar-refractivity contribution in [3.05, 3.63) is 0 Å². The average Bonchev–Trinajstić information content (AvgIpc) is 2.56. The highest BCUT2D eigenvalue weighted by molar-refractivity contribution is 5.90. The molecule has 17 heavy (non-hydrogen) atoms. The van der Waals surface area contributed by atoms with Crippen LogP contribution in [0.2, 0.25) is 0 Å². The Balaban J connectivity index is 3.04. The Labute approximate surface area is 97.1 Å². The van der Waals surface area contributed by atoms with Gasteiger partial charge in [-0.2, -0.15) is 23.3 Å². The highest BCUT2D eigenvalue weighted by Gasteiger charge is 2.62. The second-order valence-electron chi connectivity index (χ2n) is 3.97. The molecule has 1 rings (SSSR count). The Morgan fingerprint density at radius 2 is 2.12 bits per heavy atom. The molecule has 0 aliphatic carbocycles. The lowest BCUT2D eigenvalue weighted by atomic mass is 10.0. The largest absolute Gasteiger partial charge is 0.438 e. The molecule has 1 amide bonds. The maximum atomic E-state index is 12.8. The summed E-state index contributed by atoms with van der Waals surface area (Å²) in [7, 11) is 0. The van der Waals surface area contributed by atoms with Gasteiger partial charge in [0.05, 0.1) is 0 Å². The van der Waals surface area contributed by atoms with Gasteiger partial charge in [0.2, 0.25) is 5.91 Å². The molecule has 0 saturated carbocycles. The first kappa shape index (κ1) is 14.0. The molecule has 0 aromatic heterocycles. The topological polar surface area (TPSA) is 52.9 Å². The van der Waals surface area contributed by atoms with Gasteiger partial charge in [-0.05, 0) is 6.42 Å². The van der Waals surface area contributed by atoms with Crippen molar-refractivity contribution in [2.24, 2.45) is 5.10 Å². The van der Waals surface area contributed by atoms with Crippen LogP contribution in [0.4, 0.5) is 13.2 Å². The first-order valence-electron chi connectivity index (χ1n) is 5.44. The van der Waals surface area contributed by atoms with E-state index in [9.17, 15) is 23.1 Å². The number of aliphatic hydroxyl groups is 1. The third-order valence-corrected chi connectivity index (χ3v) is 2.57. The molecule has 1 N–H and O–H groups in total. The Kier molecular flexibility index (Phi) is 3.81. The van der Waals surface area contributed by atoms with Gasteiger partial charge in [-0.15, -0.1) is 0 Å². The van der Waals surface area contributed by atoms with Crippen LogP contribution in [-0.2, 0) is 4.79 Å². The van der Waals surface area contributed by atoms with Gasteiger partial charge in [0.15, 0.2) is 0 Å². The van der Waals surface area contributed by atoms with Gasteiger partial charge in [0, 0.05) is 18.6 Å². The Morgan fingerprint density at radius 3 is 2.53 bits per heavy atom. The van der Waals surface area contributed by atoms with Crippen LogP contribution < -0.4 is 0 Å². The molecule has 0 bridgehead atoms. The minimum atomic E-state index is -4.91. The van der Waals surface area contributed by atoms with Crippen molar-refractivity contribution in [1.29, 1.82) is 0 Å². The second kappa shape index (κ2) is 4.64. The number of rotatable bonds is 3. The maximum absolute atomic E-state index is 12.8. The van der Waals surface area contributed by atoms with E-state index in [1.54, 1.807) is 6.92 Å². The molecule has 4 nitrogen and oxygen atoms in total. The van der Waals surface area contributed by atoms with Crippen molar-refractivity contribution < 1.29 is 23.1 Å². The molecular formula is C10H15F3N2O2. The van der Waals surface area contributed by atoms with Crippen LogP contribution in [0, 0.1) is 0 Å². The summed E-state index contributed by atoms with van der Waals surface area (Å²) in [5.41, 5.74) is -2.97. The summed E-state index contributed by atoms with van der Waals surface area (Å²) in [5.74, 6) is -0.837. The lowest BCUT2D eigenvalue weighted by Gasteiger charge is -2.32. The van der Waals surface area contributed by atoms with Crippen molar-refractivity contribution in [1.82, 2.24) is 5.01 Å². The van der Waals surface area contributed by atoms with Gasteiger partial charge in [0.25, 0.3) is 5.72 Å². The van der Waals surface area contributed by atoms with E-state index in [0.29, 0.717) is 12.8 Å². The number of hydrogen-bond acceptors (Lipinski definition) is 3. The Hall–Kier alpha value is -1.11. The standard InChI is InChI=1S/C10H15F3N2O2/c1-3-5-7-6-9(17,10(11,12)13)15(14-7)8(16)4-2/h17H,3-6H2,1-2H3/t9-/m1/s1. The van der Waals surface area contributed by atoms with Crippen LogP contribution in [0.1, 0.15) is 39.5 Å². The molecule has 7 heteroatoms. The zero-order chi connectivity index (χ0) is 13.3. The van der Waals surface area contributed by atoms with Crippen molar-refractivity contribution >= 4 is 11.6 Å². The minimum absolute atomic E-state index is 0.138. The summed E-state index contributed by atoms with van der Waals surface area (Å²) >= 11 is 0. The van der Waals surface area contributed by atoms with Gasteiger partial charge in [0.1, 0.15) is 0 Å². The Bertz CT molecular complexity index is 341. The van der Waals surface area contributed by atoms with Crippen LogP contribution in [-0.4, -0.2) is 33.6 Å². The van der Waals surface area contributed by atoms with Crippen LogP contribution in [0.5, 0.6) is 0 Å². The Morgan fingerprint density at radius 1 is 1.53 bits per heavy atom. The fraction of sp³-hybridized carbons (Fsp3) is 0.800. The molecule has 98 valence electrons. The lowest BCUT2D eigenvalue weighted by molar-refractivity contribution is -0.302. The summed E-state index contributed by atoms with van der Waals surface area (Å²) in [6.45, 7) is 3.21. The monoisotopic (exact) mass is 252 g/mol. The molecule has 0 spiro atoms. The summed E-state index contributed by atoms with van der Waals surface area (Å²) in [5, 5.41) is 13.4. The van der Waals surface area contributed by atoms with Crippen molar-refractivity contribution in [2.45, 2.75) is 51.4 Å². The quantitative estimate of drug-likeness (QED) is 0.835. The van der Waals surface area contributed by atoms with Crippen molar-refractivity contribution in [2.75, 3.05) is 0 Å². The maximum Gasteiger partial charge on any atom is 0.438 e. The predicted octanol–water partition coefficient (Wildman–Crippen LogP) is 2.04. The van der Waals surface area contributed by atoms with E-state index in [0.717, 1.165) is 0 Å². The number of hydrazone groups is 1. The average molecular weight is 252 g/mol. The highest BCUT2D eigenvalue weighted by Crippen LogP contribution is 2.41. The first-order chi connectivity index (χ1) is 7.76. The molecule has 0 saturated heterocycles. The van der Waals surface area contributed by atoms with E-state index in [1.165, 1.54) is 6.92 Å². The molecule has 1 heterocycles. The zero-order valence-electron chi connectivity index (χ0n) is 9.71.